The maximum Gasteiger partial charge on any atom is 0.416 e. The van der Waals surface area contributed by atoms with Crippen LogP contribution in [0.1, 0.15) is 54.7 Å². The Morgan fingerprint density at radius 2 is 1.83 bits per heavy atom. The highest BCUT2D eigenvalue weighted by molar-refractivity contribution is 5.84. The number of piperidine rings is 1. The molecule has 0 radical (unpaired) electrons. The maximum absolute atomic E-state index is 13.9. The van der Waals surface area contributed by atoms with Crippen LogP contribution < -0.4 is 4.74 Å². The second-order valence-corrected chi connectivity index (χ2v) is 10.7. The van der Waals surface area contributed by atoms with Crippen molar-refractivity contribution in [2.45, 2.75) is 62.9 Å². The SMILES string of the molecule is O=C(N1COc2ccc(C(F)(F)F)cc2C1)C12CCOC1CC(N1CCC(c3ccccc3)CC1)C2. The predicted octanol–water partition coefficient (Wildman–Crippen LogP) is 5.20. The van der Waals surface area contributed by atoms with Gasteiger partial charge in [-0.2, -0.15) is 13.2 Å². The van der Waals surface area contributed by atoms with E-state index >= 15 is 0 Å². The summed E-state index contributed by atoms with van der Waals surface area (Å²) < 4.78 is 51.5. The number of hydrogen-bond acceptors (Lipinski definition) is 4. The molecule has 6 rings (SSSR count). The molecule has 1 saturated carbocycles. The minimum absolute atomic E-state index is 0.0465. The van der Waals surface area contributed by atoms with E-state index in [4.69, 9.17) is 9.47 Å². The lowest BCUT2D eigenvalue weighted by Gasteiger charge is -2.38. The average Bonchev–Trinajstić information content (AvgIpc) is 3.46. The van der Waals surface area contributed by atoms with Gasteiger partial charge < -0.3 is 19.3 Å². The molecule has 2 saturated heterocycles. The first kappa shape index (κ1) is 23.8. The largest absolute Gasteiger partial charge is 0.473 e. The summed E-state index contributed by atoms with van der Waals surface area (Å²) in [7, 11) is 0. The van der Waals surface area contributed by atoms with Gasteiger partial charge in [0.25, 0.3) is 0 Å². The van der Waals surface area contributed by atoms with Crippen molar-refractivity contribution in [1.82, 2.24) is 9.80 Å². The number of amides is 1. The summed E-state index contributed by atoms with van der Waals surface area (Å²) >= 11 is 0. The molecule has 0 spiro atoms. The van der Waals surface area contributed by atoms with Crippen molar-refractivity contribution in [3.8, 4) is 5.75 Å². The molecular formula is C28H31F3N2O3. The number of likely N-dealkylation sites (tertiary alicyclic amines) is 1. The Hall–Kier alpha value is -2.58. The van der Waals surface area contributed by atoms with E-state index in [1.165, 1.54) is 11.6 Å². The van der Waals surface area contributed by atoms with Gasteiger partial charge in [-0.05, 0) is 74.9 Å². The number of carbonyl (C=O) groups excluding carboxylic acids is 1. The monoisotopic (exact) mass is 500 g/mol. The lowest BCUT2D eigenvalue weighted by atomic mass is 9.80. The quantitative estimate of drug-likeness (QED) is 0.581. The molecule has 1 amide bonds. The fourth-order valence-electron chi connectivity index (χ4n) is 6.78. The Bertz CT molecular complexity index is 1120. The molecule has 8 heteroatoms. The normalized spacial score (nSPS) is 29.0. The van der Waals surface area contributed by atoms with E-state index in [0.717, 1.165) is 50.9 Å². The number of carbonyl (C=O) groups is 1. The topological polar surface area (TPSA) is 42.0 Å². The molecule has 3 fully saturated rings. The van der Waals surface area contributed by atoms with Gasteiger partial charge in [0.1, 0.15) is 5.75 Å². The van der Waals surface area contributed by atoms with E-state index in [9.17, 15) is 18.0 Å². The van der Waals surface area contributed by atoms with Gasteiger partial charge in [0.2, 0.25) is 5.91 Å². The van der Waals surface area contributed by atoms with Crippen molar-refractivity contribution in [1.29, 1.82) is 0 Å². The van der Waals surface area contributed by atoms with Crippen LogP contribution in [0.25, 0.3) is 0 Å². The number of hydrogen-bond donors (Lipinski definition) is 0. The third kappa shape index (κ3) is 4.18. The molecule has 0 bridgehead atoms. The van der Waals surface area contributed by atoms with Gasteiger partial charge in [-0.1, -0.05) is 30.3 Å². The number of nitrogens with zero attached hydrogens (tertiary/aromatic N) is 2. The van der Waals surface area contributed by atoms with E-state index in [1.807, 2.05) is 6.07 Å². The van der Waals surface area contributed by atoms with Gasteiger partial charge in [-0.3, -0.25) is 4.79 Å². The maximum atomic E-state index is 13.9. The Morgan fingerprint density at radius 1 is 1.06 bits per heavy atom. The van der Waals surface area contributed by atoms with Crippen LogP contribution in [-0.2, 0) is 22.3 Å². The smallest absolute Gasteiger partial charge is 0.416 e. The first-order valence-electron chi connectivity index (χ1n) is 12.9. The third-order valence-electron chi connectivity index (χ3n) is 8.72. The average molecular weight is 501 g/mol. The van der Waals surface area contributed by atoms with E-state index in [-0.39, 0.29) is 31.3 Å². The van der Waals surface area contributed by atoms with Crippen LogP contribution in [-0.4, -0.2) is 54.3 Å². The second kappa shape index (κ2) is 9.06. The third-order valence-corrected chi connectivity index (χ3v) is 8.72. The molecule has 2 aromatic rings. The van der Waals surface area contributed by atoms with Crippen molar-refractivity contribution in [3.05, 3.63) is 65.2 Å². The molecule has 192 valence electrons. The number of fused-ring (bicyclic) bond motifs is 2. The van der Waals surface area contributed by atoms with E-state index in [2.05, 4.69) is 29.2 Å². The highest BCUT2D eigenvalue weighted by Gasteiger charge is 2.58. The van der Waals surface area contributed by atoms with Gasteiger partial charge in [0.05, 0.1) is 23.6 Å². The molecule has 0 N–H and O–H groups in total. The summed E-state index contributed by atoms with van der Waals surface area (Å²) in [6.07, 6.45) is -0.166. The van der Waals surface area contributed by atoms with Gasteiger partial charge in [0, 0.05) is 18.2 Å². The molecular weight excluding hydrogens is 469 g/mol. The summed E-state index contributed by atoms with van der Waals surface area (Å²) in [4.78, 5) is 18.0. The zero-order valence-corrected chi connectivity index (χ0v) is 20.2. The molecule has 2 aromatic carbocycles. The molecule has 36 heavy (non-hydrogen) atoms. The Labute approximate surface area is 209 Å². The predicted molar refractivity (Wildman–Crippen MR) is 127 cm³/mol. The highest BCUT2D eigenvalue weighted by Crippen LogP contribution is 2.51. The van der Waals surface area contributed by atoms with Crippen LogP contribution in [0.4, 0.5) is 13.2 Å². The molecule has 3 unspecified atom stereocenters. The van der Waals surface area contributed by atoms with Crippen LogP contribution in [0.3, 0.4) is 0 Å². The first-order valence-corrected chi connectivity index (χ1v) is 12.9. The van der Waals surface area contributed by atoms with Crippen LogP contribution >= 0.6 is 0 Å². The molecule has 3 atom stereocenters. The second-order valence-electron chi connectivity index (χ2n) is 10.7. The van der Waals surface area contributed by atoms with Gasteiger partial charge in [-0.15, -0.1) is 0 Å². The minimum atomic E-state index is -4.43. The molecule has 5 nitrogen and oxygen atoms in total. The Kier molecular flexibility index (Phi) is 5.99. The summed E-state index contributed by atoms with van der Waals surface area (Å²) in [5, 5.41) is 0. The molecule has 0 aromatic heterocycles. The fourth-order valence-corrected chi connectivity index (χ4v) is 6.78. The van der Waals surface area contributed by atoms with Crippen molar-refractivity contribution in [3.63, 3.8) is 0 Å². The number of rotatable bonds is 3. The molecule has 4 aliphatic rings. The van der Waals surface area contributed by atoms with Crippen LogP contribution in [0.2, 0.25) is 0 Å². The van der Waals surface area contributed by atoms with E-state index < -0.39 is 17.2 Å². The Morgan fingerprint density at radius 3 is 2.58 bits per heavy atom. The summed E-state index contributed by atoms with van der Waals surface area (Å²) in [6.45, 7) is 2.73. The minimum Gasteiger partial charge on any atom is -0.473 e. The summed E-state index contributed by atoms with van der Waals surface area (Å²) in [5.74, 6) is 0.937. The number of benzene rings is 2. The Balaban J connectivity index is 1.14. The molecule has 3 aliphatic heterocycles. The molecule has 3 heterocycles. The summed E-state index contributed by atoms with van der Waals surface area (Å²) in [6, 6.07) is 14.4. The molecule has 1 aliphatic carbocycles. The zero-order chi connectivity index (χ0) is 24.9. The lowest BCUT2D eigenvalue weighted by Crippen LogP contribution is -2.49. The number of ether oxygens (including phenoxy) is 2. The van der Waals surface area contributed by atoms with Gasteiger partial charge in [-0.25, -0.2) is 0 Å². The van der Waals surface area contributed by atoms with Gasteiger partial charge in [0.15, 0.2) is 6.73 Å². The van der Waals surface area contributed by atoms with E-state index in [1.54, 1.807) is 4.90 Å². The van der Waals surface area contributed by atoms with Gasteiger partial charge >= 0.3 is 6.18 Å². The standard InChI is InChI=1S/C28H31F3N2O3/c29-28(30,31)22-6-7-24-21(14-22)17-33(18-36-24)26(34)27-10-13-35-25(27)15-23(16-27)32-11-8-20(9-12-32)19-4-2-1-3-5-19/h1-7,14,20,23,25H,8-13,15-18H2. The first-order chi connectivity index (χ1) is 17.3. The number of halogens is 3. The summed E-state index contributed by atoms with van der Waals surface area (Å²) in [5.41, 5.74) is 0.450. The van der Waals surface area contributed by atoms with Crippen molar-refractivity contribution in [2.24, 2.45) is 5.41 Å². The van der Waals surface area contributed by atoms with Crippen molar-refractivity contribution < 1.29 is 27.4 Å². The zero-order valence-electron chi connectivity index (χ0n) is 20.2. The number of alkyl halides is 3. The fraction of sp³-hybridized carbons (Fsp3) is 0.536. The van der Waals surface area contributed by atoms with Crippen molar-refractivity contribution in [2.75, 3.05) is 26.4 Å². The van der Waals surface area contributed by atoms with Crippen LogP contribution in [0.5, 0.6) is 5.75 Å². The van der Waals surface area contributed by atoms with Crippen LogP contribution in [0.15, 0.2) is 48.5 Å². The highest BCUT2D eigenvalue weighted by atomic mass is 19.4. The van der Waals surface area contributed by atoms with Crippen molar-refractivity contribution >= 4 is 5.91 Å². The lowest BCUT2D eigenvalue weighted by molar-refractivity contribution is -0.149. The van der Waals surface area contributed by atoms with E-state index in [0.29, 0.717) is 30.3 Å². The van der Waals surface area contributed by atoms with Crippen LogP contribution in [0, 0.1) is 5.41 Å².